The standard InChI is InChI=1S/C25H22N4O3S2/c1-12-14(3)34-24-20(12)22(17-7-5-16(6-8-17)18-9-10-33-19(18)11-30)26-21(13(2)25(31)32)23-28-27-15(4)29(23)24/h5-11,13,21H,1-4H3,(H,31,32)/t13?,21-/m0/s1. The number of carboxylic acids is 1. The normalized spacial score (nSPS) is 15.8. The first-order chi connectivity index (χ1) is 16.3. The smallest absolute Gasteiger partial charge is 0.308 e. The highest BCUT2D eigenvalue weighted by Crippen LogP contribution is 2.41. The van der Waals surface area contributed by atoms with Crippen LogP contribution in [0.25, 0.3) is 16.1 Å². The van der Waals surface area contributed by atoms with E-state index in [1.54, 1.807) is 18.3 Å². The Kier molecular flexibility index (Phi) is 5.53. The fraction of sp³-hybridized carbons (Fsp3) is 0.240. The lowest BCUT2D eigenvalue weighted by atomic mass is 9.96. The zero-order chi connectivity index (χ0) is 24.1. The molecule has 1 aromatic carbocycles. The first-order valence-electron chi connectivity index (χ1n) is 10.8. The van der Waals surface area contributed by atoms with Crippen molar-refractivity contribution >= 4 is 40.6 Å². The molecule has 0 saturated carbocycles. The number of thiophene rings is 2. The van der Waals surface area contributed by atoms with Gasteiger partial charge in [-0.15, -0.1) is 32.9 Å². The fourth-order valence-corrected chi connectivity index (χ4v) is 6.21. The molecule has 1 aliphatic rings. The number of hydrogen-bond donors (Lipinski definition) is 1. The largest absolute Gasteiger partial charge is 0.481 e. The predicted octanol–water partition coefficient (Wildman–Crippen LogP) is 5.41. The molecule has 2 atom stereocenters. The van der Waals surface area contributed by atoms with Crippen molar-refractivity contribution in [1.29, 1.82) is 0 Å². The van der Waals surface area contributed by atoms with Gasteiger partial charge in [0.15, 0.2) is 12.1 Å². The second-order valence-corrected chi connectivity index (χ2v) is 10.5. The molecule has 172 valence electrons. The Labute approximate surface area is 204 Å². The minimum absolute atomic E-state index is 0.537. The minimum atomic E-state index is -0.937. The van der Waals surface area contributed by atoms with Crippen molar-refractivity contribution < 1.29 is 14.7 Å². The maximum atomic E-state index is 12.0. The summed E-state index contributed by atoms with van der Waals surface area (Å²) in [7, 11) is 0. The van der Waals surface area contributed by atoms with Gasteiger partial charge in [0, 0.05) is 21.6 Å². The van der Waals surface area contributed by atoms with E-state index >= 15 is 0 Å². The molecule has 1 aliphatic heterocycles. The van der Waals surface area contributed by atoms with E-state index in [0.717, 1.165) is 49.7 Å². The molecule has 0 radical (unpaired) electrons. The van der Waals surface area contributed by atoms with Crippen molar-refractivity contribution in [2.45, 2.75) is 33.7 Å². The molecular weight excluding hydrogens is 468 g/mol. The van der Waals surface area contributed by atoms with Crippen LogP contribution < -0.4 is 0 Å². The third kappa shape index (κ3) is 3.43. The molecule has 0 aliphatic carbocycles. The number of aliphatic carboxylic acids is 1. The molecule has 4 aromatic rings. The fourth-order valence-electron chi connectivity index (χ4n) is 4.28. The van der Waals surface area contributed by atoms with Gasteiger partial charge in [0.1, 0.15) is 16.9 Å². The van der Waals surface area contributed by atoms with E-state index in [1.807, 2.05) is 47.2 Å². The van der Waals surface area contributed by atoms with Crippen molar-refractivity contribution in [1.82, 2.24) is 14.8 Å². The molecule has 1 N–H and O–H groups in total. The highest BCUT2D eigenvalue weighted by Gasteiger charge is 2.36. The summed E-state index contributed by atoms with van der Waals surface area (Å²) in [5, 5.41) is 21.3. The predicted molar refractivity (Wildman–Crippen MR) is 134 cm³/mol. The van der Waals surface area contributed by atoms with Crippen molar-refractivity contribution in [2.24, 2.45) is 10.9 Å². The Morgan fingerprint density at radius 1 is 1.12 bits per heavy atom. The molecule has 3 aromatic heterocycles. The van der Waals surface area contributed by atoms with Gasteiger partial charge in [-0.05, 0) is 50.3 Å². The van der Waals surface area contributed by atoms with Gasteiger partial charge in [-0.3, -0.25) is 19.1 Å². The summed E-state index contributed by atoms with van der Waals surface area (Å²) < 4.78 is 1.96. The molecule has 0 fully saturated rings. The second kappa shape index (κ2) is 8.41. The lowest BCUT2D eigenvalue weighted by Gasteiger charge is -2.16. The molecular formula is C25H22N4O3S2. The zero-order valence-corrected chi connectivity index (χ0v) is 20.7. The number of aromatic nitrogens is 3. The molecule has 0 amide bonds. The summed E-state index contributed by atoms with van der Waals surface area (Å²) >= 11 is 3.05. The van der Waals surface area contributed by atoms with Crippen molar-refractivity contribution in [3.8, 4) is 16.1 Å². The van der Waals surface area contributed by atoms with Gasteiger partial charge in [0.2, 0.25) is 0 Å². The van der Waals surface area contributed by atoms with Crippen LogP contribution in [-0.4, -0.2) is 37.8 Å². The summed E-state index contributed by atoms with van der Waals surface area (Å²) in [6.45, 7) is 7.67. The highest BCUT2D eigenvalue weighted by atomic mass is 32.1. The van der Waals surface area contributed by atoms with E-state index in [1.165, 1.54) is 11.3 Å². The number of carbonyl (C=O) groups is 2. The first-order valence-corrected chi connectivity index (χ1v) is 12.5. The summed E-state index contributed by atoms with van der Waals surface area (Å²) in [5.41, 5.74) is 5.55. The lowest BCUT2D eigenvalue weighted by molar-refractivity contribution is -0.141. The number of nitrogens with zero attached hydrogens (tertiary/aromatic N) is 4. The van der Waals surface area contributed by atoms with Gasteiger partial charge in [-0.1, -0.05) is 24.3 Å². The average Bonchev–Trinajstić information content (AvgIpc) is 3.50. The minimum Gasteiger partial charge on any atom is -0.481 e. The number of aldehydes is 1. The topological polar surface area (TPSA) is 97.4 Å². The molecule has 5 rings (SSSR count). The van der Waals surface area contributed by atoms with Gasteiger partial charge in [0.05, 0.1) is 16.5 Å². The van der Waals surface area contributed by atoms with Gasteiger partial charge < -0.3 is 5.11 Å². The van der Waals surface area contributed by atoms with Gasteiger partial charge >= 0.3 is 5.97 Å². The van der Waals surface area contributed by atoms with Gasteiger partial charge in [-0.25, -0.2) is 0 Å². The van der Waals surface area contributed by atoms with Crippen molar-refractivity contribution in [2.75, 3.05) is 0 Å². The third-order valence-corrected chi connectivity index (χ3v) is 8.36. The van der Waals surface area contributed by atoms with Crippen LogP contribution in [0.15, 0.2) is 40.7 Å². The molecule has 0 bridgehead atoms. The van der Waals surface area contributed by atoms with Crippen molar-refractivity contribution in [3.05, 3.63) is 73.8 Å². The van der Waals surface area contributed by atoms with Crippen LogP contribution in [-0.2, 0) is 4.79 Å². The molecule has 0 spiro atoms. The number of rotatable bonds is 5. The first kappa shape index (κ1) is 22.4. The van der Waals surface area contributed by atoms with Gasteiger partial charge in [-0.2, -0.15) is 0 Å². The summed E-state index contributed by atoms with van der Waals surface area (Å²) in [4.78, 5) is 30.3. The number of fused-ring (bicyclic) bond motifs is 3. The van der Waals surface area contributed by atoms with E-state index in [-0.39, 0.29) is 0 Å². The van der Waals surface area contributed by atoms with E-state index < -0.39 is 17.9 Å². The molecule has 4 heterocycles. The zero-order valence-electron chi connectivity index (χ0n) is 19.1. The molecule has 1 unspecified atom stereocenters. The van der Waals surface area contributed by atoms with Crippen molar-refractivity contribution in [3.63, 3.8) is 0 Å². The number of carbonyl (C=O) groups excluding carboxylic acids is 1. The molecule has 9 heteroatoms. The Bertz CT molecular complexity index is 1460. The Balaban J connectivity index is 1.72. The average molecular weight is 491 g/mol. The van der Waals surface area contributed by atoms with Crippen LogP contribution in [0.1, 0.15) is 55.9 Å². The van der Waals surface area contributed by atoms with E-state index in [4.69, 9.17) is 4.99 Å². The molecule has 0 saturated heterocycles. The van der Waals surface area contributed by atoms with E-state index in [9.17, 15) is 14.7 Å². The SMILES string of the molecule is Cc1sc2c(c1C)C(c1ccc(-c3ccsc3C=O)cc1)=N[C@@H](C(C)C(=O)O)c1nnc(C)n1-2. The van der Waals surface area contributed by atoms with Crippen LogP contribution in [0.4, 0.5) is 0 Å². The monoisotopic (exact) mass is 490 g/mol. The second-order valence-electron chi connectivity index (χ2n) is 8.35. The maximum Gasteiger partial charge on any atom is 0.308 e. The van der Waals surface area contributed by atoms with Crippen LogP contribution >= 0.6 is 22.7 Å². The maximum absolute atomic E-state index is 12.0. The van der Waals surface area contributed by atoms with Crippen LogP contribution in [0.5, 0.6) is 0 Å². The summed E-state index contributed by atoms with van der Waals surface area (Å²) in [6, 6.07) is 9.18. The number of aryl methyl sites for hydroxylation is 2. The van der Waals surface area contributed by atoms with Gasteiger partial charge in [0.25, 0.3) is 0 Å². The third-order valence-electron chi connectivity index (χ3n) is 6.32. The number of hydrogen-bond acceptors (Lipinski definition) is 7. The van der Waals surface area contributed by atoms with Crippen LogP contribution in [0.2, 0.25) is 0 Å². The van der Waals surface area contributed by atoms with Crippen LogP contribution in [0, 0.1) is 26.7 Å². The quantitative estimate of drug-likeness (QED) is 0.377. The molecule has 34 heavy (non-hydrogen) atoms. The Hall–Kier alpha value is -3.43. The van der Waals surface area contributed by atoms with E-state index in [2.05, 4.69) is 24.0 Å². The summed E-state index contributed by atoms with van der Waals surface area (Å²) in [6.07, 6.45) is 0.878. The molecule has 7 nitrogen and oxygen atoms in total. The number of benzene rings is 1. The van der Waals surface area contributed by atoms with E-state index in [0.29, 0.717) is 16.5 Å². The van der Waals surface area contributed by atoms with Crippen LogP contribution in [0.3, 0.4) is 0 Å². The lowest BCUT2D eigenvalue weighted by Crippen LogP contribution is -2.21. The highest BCUT2D eigenvalue weighted by molar-refractivity contribution is 7.15. The Morgan fingerprint density at radius 3 is 2.50 bits per heavy atom. The number of aliphatic imine (C=N–C) groups is 1. The number of carboxylic acid groups (broad SMARTS) is 1. The Morgan fingerprint density at radius 2 is 1.82 bits per heavy atom. The summed E-state index contributed by atoms with van der Waals surface area (Å²) in [5.74, 6) is -0.484.